The summed E-state index contributed by atoms with van der Waals surface area (Å²) in [5.41, 5.74) is 5.92. The summed E-state index contributed by atoms with van der Waals surface area (Å²) in [6.45, 7) is 4.40. The normalized spacial score (nSPS) is 15.3. The number of nitrogens with zero attached hydrogens (tertiary/aromatic N) is 1. The van der Waals surface area contributed by atoms with Gasteiger partial charge in [-0.2, -0.15) is 0 Å². The molecule has 1 aliphatic rings. The molecule has 0 amide bonds. The second-order valence-corrected chi connectivity index (χ2v) is 9.79. The number of fused-ring (bicyclic) bond motifs is 4. The summed E-state index contributed by atoms with van der Waals surface area (Å²) in [6.07, 6.45) is 8.23. The van der Waals surface area contributed by atoms with Crippen LogP contribution in [-0.4, -0.2) is 4.98 Å². The summed E-state index contributed by atoms with van der Waals surface area (Å²) in [7, 11) is 0. The van der Waals surface area contributed by atoms with Gasteiger partial charge in [0.15, 0.2) is 0 Å². The van der Waals surface area contributed by atoms with Crippen molar-refractivity contribution in [1.29, 1.82) is 0 Å². The van der Waals surface area contributed by atoms with Gasteiger partial charge in [0.2, 0.25) is 0 Å². The van der Waals surface area contributed by atoms with E-state index < -0.39 is 0 Å². The highest BCUT2D eigenvalue weighted by Crippen LogP contribution is 2.42. The van der Waals surface area contributed by atoms with Crippen molar-refractivity contribution in [3.8, 4) is 11.3 Å². The predicted molar refractivity (Wildman–Crippen MR) is 134 cm³/mol. The number of hydrogen-bond acceptors (Lipinski definition) is 2. The molecule has 0 unspecified atom stereocenters. The van der Waals surface area contributed by atoms with Gasteiger partial charge >= 0.3 is 0 Å². The van der Waals surface area contributed by atoms with Crippen molar-refractivity contribution in [3.05, 3.63) is 77.7 Å². The van der Waals surface area contributed by atoms with Gasteiger partial charge in [-0.3, -0.25) is 4.98 Å². The maximum atomic E-state index is 14.5. The van der Waals surface area contributed by atoms with E-state index >= 15 is 0 Å². The van der Waals surface area contributed by atoms with Gasteiger partial charge in [0.1, 0.15) is 17.0 Å². The fourth-order valence-corrected chi connectivity index (χ4v) is 5.55. The van der Waals surface area contributed by atoms with Crippen molar-refractivity contribution in [2.45, 2.75) is 57.8 Å². The third kappa shape index (κ3) is 3.42. The Morgan fingerprint density at radius 1 is 0.879 bits per heavy atom. The van der Waals surface area contributed by atoms with Gasteiger partial charge in [0.25, 0.3) is 0 Å². The van der Waals surface area contributed by atoms with E-state index in [4.69, 9.17) is 9.40 Å². The van der Waals surface area contributed by atoms with Gasteiger partial charge in [-0.15, -0.1) is 0 Å². The number of furan rings is 1. The summed E-state index contributed by atoms with van der Waals surface area (Å²) in [5.74, 6) is 0.625. The molecule has 33 heavy (non-hydrogen) atoms. The van der Waals surface area contributed by atoms with Crippen LogP contribution in [0.15, 0.2) is 65.2 Å². The van der Waals surface area contributed by atoms with Crippen LogP contribution in [0, 0.1) is 5.82 Å². The highest BCUT2D eigenvalue weighted by molar-refractivity contribution is 6.12. The van der Waals surface area contributed by atoms with Gasteiger partial charge in [-0.05, 0) is 71.5 Å². The minimum atomic E-state index is -0.229. The maximum Gasteiger partial charge on any atom is 0.144 e. The molecular formula is C30H28FNO. The van der Waals surface area contributed by atoms with E-state index in [1.807, 2.05) is 30.5 Å². The molecule has 2 nitrogen and oxygen atoms in total. The highest BCUT2D eigenvalue weighted by Gasteiger charge is 2.22. The van der Waals surface area contributed by atoms with Crippen molar-refractivity contribution in [2.75, 3.05) is 0 Å². The fourth-order valence-electron chi connectivity index (χ4n) is 5.55. The molecule has 0 atom stereocenters. The summed E-state index contributed by atoms with van der Waals surface area (Å²) >= 11 is 0. The Morgan fingerprint density at radius 3 is 2.52 bits per heavy atom. The SMILES string of the molecule is CC(C)c1cc(-c2ncc(C3CCCCC3)c3ccc(F)cc23)c2oc3ccccc3c2c1. The van der Waals surface area contributed by atoms with Crippen LogP contribution in [0.5, 0.6) is 0 Å². The first kappa shape index (κ1) is 20.4. The van der Waals surface area contributed by atoms with Crippen LogP contribution in [0.4, 0.5) is 4.39 Å². The minimum absolute atomic E-state index is 0.229. The van der Waals surface area contributed by atoms with Crippen LogP contribution in [-0.2, 0) is 0 Å². The van der Waals surface area contributed by atoms with E-state index in [9.17, 15) is 4.39 Å². The molecule has 0 saturated heterocycles. The molecule has 6 rings (SSSR count). The van der Waals surface area contributed by atoms with E-state index in [0.29, 0.717) is 11.8 Å². The Labute approximate surface area is 193 Å². The van der Waals surface area contributed by atoms with Gasteiger partial charge in [-0.1, -0.05) is 57.4 Å². The molecular weight excluding hydrogens is 409 g/mol. The summed E-state index contributed by atoms with van der Waals surface area (Å²) in [4.78, 5) is 4.99. The molecule has 1 aliphatic carbocycles. The number of hydrogen-bond donors (Lipinski definition) is 0. The largest absolute Gasteiger partial charge is 0.455 e. The number of aromatic nitrogens is 1. The zero-order valence-corrected chi connectivity index (χ0v) is 19.2. The third-order valence-electron chi connectivity index (χ3n) is 7.35. The Morgan fingerprint density at radius 2 is 1.70 bits per heavy atom. The summed E-state index contributed by atoms with van der Waals surface area (Å²) < 4.78 is 20.9. The van der Waals surface area contributed by atoms with Crippen molar-refractivity contribution in [1.82, 2.24) is 4.98 Å². The lowest BCUT2D eigenvalue weighted by Crippen LogP contribution is -2.06. The average molecular weight is 438 g/mol. The average Bonchev–Trinajstić information content (AvgIpc) is 3.22. The summed E-state index contributed by atoms with van der Waals surface area (Å²) in [5, 5.41) is 4.19. The smallest absolute Gasteiger partial charge is 0.144 e. The number of para-hydroxylation sites is 1. The monoisotopic (exact) mass is 437 g/mol. The Bertz CT molecular complexity index is 1490. The minimum Gasteiger partial charge on any atom is -0.455 e. The van der Waals surface area contributed by atoms with Crippen molar-refractivity contribution in [2.24, 2.45) is 0 Å². The molecule has 166 valence electrons. The molecule has 0 radical (unpaired) electrons. The van der Waals surface area contributed by atoms with E-state index in [1.54, 1.807) is 12.1 Å². The second-order valence-electron chi connectivity index (χ2n) is 9.79. The Hall–Kier alpha value is -3.20. The van der Waals surface area contributed by atoms with Crippen LogP contribution in [0.1, 0.15) is 68.9 Å². The zero-order chi connectivity index (χ0) is 22.5. The van der Waals surface area contributed by atoms with Crippen LogP contribution in [0.3, 0.4) is 0 Å². The highest BCUT2D eigenvalue weighted by atomic mass is 19.1. The van der Waals surface area contributed by atoms with Gasteiger partial charge in [-0.25, -0.2) is 4.39 Å². The molecule has 3 aromatic carbocycles. The van der Waals surface area contributed by atoms with E-state index in [0.717, 1.165) is 44.0 Å². The topological polar surface area (TPSA) is 26.0 Å². The molecule has 3 heteroatoms. The lowest BCUT2D eigenvalue weighted by Gasteiger charge is -2.24. The van der Waals surface area contributed by atoms with Gasteiger partial charge in [0.05, 0.1) is 5.69 Å². The first-order valence-electron chi connectivity index (χ1n) is 12.1. The Kier molecular flexibility index (Phi) is 4.94. The predicted octanol–water partition coefficient (Wildman–Crippen LogP) is 9.11. The maximum absolute atomic E-state index is 14.5. The first-order chi connectivity index (χ1) is 16.1. The standard InChI is InChI=1S/C30H28FNO/c1-18(2)20-14-25-23-10-6-7-11-28(23)33-30(25)26(15-20)29-24-16-21(31)12-13-22(24)27(17-32-29)19-8-4-3-5-9-19/h6-7,10-19H,3-5,8-9H2,1-2H3. The molecule has 2 heterocycles. The number of benzene rings is 3. The molecule has 0 spiro atoms. The van der Waals surface area contributed by atoms with E-state index in [-0.39, 0.29) is 5.82 Å². The molecule has 1 saturated carbocycles. The lowest BCUT2D eigenvalue weighted by molar-refractivity contribution is 0.445. The third-order valence-corrected chi connectivity index (χ3v) is 7.35. The van der Waals surface area contributed by atoms with Crippen LogP contribution < -0.4 is 0 Å². The Balaban J connectivity index is 1.66. The molecule has 0 N–H and O–H groups in total. The lowest BCUT2D eigenvalue weighted by atomic mass is 9.82. The molecule has 0 aliphatic heterocycles. The van der Waals surface area contributed by atoms with E-state index in [2.05, 4.69) is 32.0 Å². The van der Waals surface area contributed by atoms with Crippen LogP contribution in [0.2, 0.25) is 0 Å². The zero-order valence-electron chi connectivity index (χ0n) is 19.2. The molecule has 0 bridgehead atoms. The molecule has 1 fully saturated rings. The summed E-state index contributed by atoms with van der Waals surface area (Å²) in [6, 6.07) is 17.7. The van der Waals surface area contributed by atoms with Crippen LogP contribution >= 0.6 is 0 Å². The van der Waals surface area contributed by atoms with Crippen molar-refractivity contribution >= 4 is 32.7 Å². The molecule has 5 aromatic rings. The number of rotatable bonds is 3. The first-order valence-corrected chi connectivity index (χ1v) is 12.1. The molecule has 2 aromatic heterocycles. The van der Waals surface area contributed by atoms with Gasteiger partial charge < -0.3 is 4.42 Å². The van der Waals surface area contributed by atoms with E-state index in [1.165, 1.54) is 43.2 Å². The fraction of sp³-hybridized carbons (Fsp3) is 0.300. The van der Waals surface area contributed by atoms with Crippen molar-refractivity contribution in [3.63, 3.8) is 0 Å². The second kappa shape index (κ2) is 7.98. The van der Waals surface area contributed by atoms with Gasteiger partial charge in [0, 0.05) is 27.9 Å². The quantitative estimate of drug-likeness (QED) is 0.281. The van der Waals surface area contributed by atoms with Crippen LogP contribution in [0.25, 0.3) is 44.0 Å². The van der Waals surface area contributed by atoms with Crippen molar-refractivity contribution < 1.29 is 8.81 Å². The number of pyridine rings is 1. The number of halogens is 1.